The number of hydrogen-bond acceptors (Lipinski definition) is 2. The molecule has 1 aromatic heterocycles. The van der Waals surface area contributed by atoms with E-state index in [4.69, 9.17) is 23.2 Å². The fraction of sp³-hybridized carbons (Fsp3) is 0.0714. The SMILES string of the molecule is Clc1ccc(CSc2ccc3nc[nH]c3c2)cc1Cl. The minimum absolute atomic E-state index is 0.592. The first-order valence-corrected chi connectivity index (χ1v) is 7.46. The molecule has 2 nitrogen and oxygen atoms in total. The lowest BCUT2D eigenvalue weighted by atomic mass is 10.2. The highest BCUT2D eigenvalue weighted by Gasteiger charge is 2.02. The number of nitrogens with one attached hydrogen (secondary N) is 1. The Balaban J connectivity index is 1.75. The van der Waals surface area contributed by atoms with E-state index >= 15 is 0 Å². The topological polar surface area (TPSA) is 28.7 Å². The summed E-state index contributed by atoms with van der Waals surface area (Å²) in [7, 11) is 0. The number of benzene rings is 2. The summed E-state index contributed by atoms with van der Waals surface area (Å²) in [6.45, 7) is 0. The Morgan fingerprint density at radius 1 is 1.05 bits per heavy atom. The van der Waals surface area contributed by atoms with Crippen LogP contribution < -0.4 is 0 Å². The average molecular weight is 309 g/mol. The standard InChI is InChI=1S/C14H10Cl2N2S/c15-11-3-1-9(5-12(11)16)7-19-10-2-4-13-14(6-10)18-8-17-13/h1-6,8H,7H2,(H,17,18). The van der Waals surface area contributed by atoms with Gasteiger partial charge in [-0.05, 0) is 35.9 Å². The predicted octanol–water partition coefficient (Wildman–Crippen LogP) is 5.16. The molecule has 19 heavy (non-hydrogen) atoms. The van der Waals surface area contributed by atoms with Crippen LogP contribution in [-0.4, -0.2) is 9.97 Å². The molecule has 3 aromatic rings. The van der Waals surface area contributed by atoms with Gasteiger partial charge in [0.2, 0.25) is 0 Å². The van der Waals surface area contributed by atoms with Gasteiger partial charge in [-0.1, -0.05) is 29.3 Å². The molecular formula is C14H10Cl2N2S. The van der Waals surface area contributed by atoms with E-state index in [1.807, 2.05) is 24.3 Å². The highest BCUT2D eigenvalue weighted by molar-refractivity contribution is 7.98. The maximum Gasteiger partial charge on any atom is 0.0931 e. The second kappa shape index (κ2) is 5.45. The number of fused-ring (bicyclic) bond motifs is 1. The van der Waals surface area contributed by atoms with E-state index in [1.54, 1.807) is 18.1 Å². The molecule has 5 heteroatoms. The summed E-state index contributed by atoms with van der Waals surface area (Å²) < 4.78 is 0. The number of imidazole rings is 1. The van der Waals surface area contributed by atoms with Crippen molar-refractivity contribution >= 4 is 46.0 Å². The average Bonchev–Trinajstić information content (AvgIpc) is 2.87. The van der Waals surface area contributed by atoms with Crippen molar-refractivity contribution in [2.75, 3.05) is 0 Å². The molecule has 96 valence electrons. The van der Waals surface area contributed by atoms with Crippen LogP contribution in [0.1, 0.15) is 5.56 Å². The van der Waals surface area contributed by atoms with Crippen LogP contribution in [0, 0.1) is 0 Å². The summed E-state index contributed by atoms with van der Waals surface area (Å²) >= 11 is 13.7. The van der Waals surface area contributed by atoms with Gasteiger partial charge in [-0.3, -0.25) is 0 Å². The lowest BCUT2D eigenvalue weighted by Crippen LogP contribution is -1.81. The van der Waals surface area contributed by atoms with Gasteiger partial charge in [0.1, 0.15) is 0 Å². The number of rotatable bonds is 3. The summed E-state index contributed by atoms with van der Waals surface area (Å²) in [5, 5.41) is 1.19. The van der Waals surface area contributed by atoms with Crippen molar-refractivity contribution in [1.82, 2.24) is 9.97 Å². The van der Waals surface area contributed by atoms with Crippen LogP contribution in [0.25, 0.3) is 11.0 Å². The number of thioether (sulfide) groups is 1. The second-order valence-corrected chi connectivity index (χ2v) is 5.98. The van der Waals surface area contributed by atoms with Crippen molar-refractivity contribution in [1.29, 1.82) is 0 Å². The summed E-state index contributed by atoms with van der Waals surface area (Å²) in [5.74, 6) is 0.858. The van der Waals surface area contributed by atoms with E-state index in [2.05, 4.69) is 22.1 Å². The fourth-order valence-electron chi connectivity index (χ4n) is 1.80. The number of halogens is 2. The van der Waals surface area contributed by atoms with Gasteiger partial charge in [0.05, 0.1) is 27.4 Å². The Morgan fingerprint density at radius 3 is 2.79 bits per heavy atom. The first kappa shape index (κ1) is 12.9. The molecule has 0 spiro atoms. The van der Waals surface area contributed by atoms with Gasteiger partial charge in [-0.15, -0.1) is 11.8 Å². The third-order valence-corrected chi connectivity index (χ3v) is 4.59. The molecule has 0 amide bonds. The highest BCUT2D eigenvalue weighted by atomic mass is 35.5. The molecule has 0 radical (unpaired) electrons. The summed E-state index contributed by atoms with van der Waals surface area (Å²) in [4.78, 5) is 8.51. The lowest BCUT2D eigenvalue weighted by Gasteiger charge is -2.04. The number of nitrogens with zero attached hydrogens (tertiary/aromatic N) is 1. The quantitative estimate of drug-likeness (QED) is 0.677. The molecule has 1 N–H and O–H groups in total. The third kappa shape index (κ3) is 2.89. The Bertz CT molecular complexity index is 724. The van der Waals surface area contributed by atoms with Gasteiger partial charge >= 0.3 is 0 Å². The van der Waals surface area contributed by atoms with Gasteiger partial charge in [-0.2, -0.15) is 0 Å². The largest absolute Gasteiger partial charge is 0.345 e. The van der Waals surface area contributed by atoms with Gasteiger partial charge in [0.25, 0.3) is 0 Å². The Morgan fingerprint density at radius 2 is 1.95 bits per heavy atom. The first-order valence-electron chi connectivity index (χ1n) is 5.72. The van der Waals surface area contributed by atoms with E-state index in [9.17, 15) is 0 Å². The molecule has 0 saturated heterocycles. The number of hydrogen-bond donors (Lipinski definition) is 1. The van der Waals surface area contributed by atoms with E-state index in [1.165, 1.54) is 4.90 Å². The maximum atomic E-state index is 6.00. The second-order valence-electron chi connectivity index (χ2n) is 4.12. The molecule has 2 aromatic carbocycles. The van der Waals surface area contributed by atoms with Crippen LogP contribution in [0.4, 0.5) is 0 Å². The zero-order valence-corrected chi connectivity index (χ0v) is 12.2. The zero-order chi connectivity index (χ0) is 13.2. The van der Waals surface area contributed by atoms with Crippen LogP contribution >= 0.6 is 35.0 Å². The molecule has 0 fully saturated rings. The Hall–Kier alpha value is -1.16. The first-order chi connectivity index (χ1) is 9.22. The zero-order valence-electron chi connectivity index (χ0n) is 9.86. The van der Waals surface area contributed by atoms with E-state index in [-0.39, 0.29) is 0 Å². The van der Waals surface area contributed by atoms with Gasteiger partial charge < -0.3 is 4.98 Å². The molecule has 0 aliphatic carbocycles. The van der Waals surface area contributed by atoms with Crippen LogP contribution in [0.3, 0.4) is 0 Å². The molecule has 0 aliphatic rings. The van der Waals surface area contributed by atoms with Crippen LogP contribution in [0.2, 0.25) is 10.0 Å². The molecular weight excluding hydrogens is 299 g/mol. The van der Waals surface area contributed by atoms with Gasteiger partial charge in [-0.25, -0.2) is 4.98 Å². The summed E-state index contributed by atoms with van der Waals surface area (Å²) in [6, 6.07) is 11.9. The monoisotopic (exact) mass is 308 g/mol. The smallest absolute Gasteiger partial charge is 0.0931 e. The van der Waals surface area contributed by atoms with Crippen molar-refractivity contribution in [2.24, 2.45) is 0 Å². The van der Waals surface area contributed by atoms with Crippen molar-refractivity contribution in [3.8, 4) is 0 Å². The van der Waals surface area contributed by atoms with Crippen LogP contribution in [0.15, 0.2) is 47.6 Å². The van der Waals surface area contributed by atoms with Gasteiger partial charge in [0.15, 0.2) is 0 Å². The van der Waals surface area contributed by atoms with Crippen molar-refractivity contribution in [3.05, 3.63) is 58.3 Å². The number of aromatic nitrogens is 2. The summed E-state index contributed by atoms with van der Waals surface area (Å²) in [5.41, 5.74) is 3.20. The molecule has 0 saturated carbocycles. The Kier molecular flexibility index (Phi) is 3.69. The molecule has 3 rings (SSSR count). The fourth-order valence-corrected chi connectivity index (χ4v) is 3.00. The minimum atomic E-state index is 0.592. The molecule has 0 bridgehead atoms. The normalized spacial score (nSPS) is 11.1. The van der Waals surface area contributed by atoms with Crippen molar-refractivity contribution < 1.29 is 0 Å². The molecule has 0 unspecified atom stereocenters. The highest BCUT2D eigenvalue weighted by Crippen LogP contribution is 2.28. The number of H-pyrrole nitrogens is 1. The van der Waals surface area contributed by atoms with Crippen LogP contribution in [0.5, 0.6) is 0 Å². The minimum Gasteiger partial charge on any atom is -0.345 e. The Labute approximate surface area is 125 Å². The van der Waals surface area contributed by atoms with Crippen molar-refractivity contribution in [3.63, 3.8) is 0 Å². The van der Waals surface area contributed by atoms with E-state index in [0.717, 1.165) is 22.3 Å². The molecule has 1 heterocycles. The number of aromatic amines is 1. The van der Waals surface area contributed by atoms with Crippen molar-refractivity contribution in [2.45, 2.75) is 10.6 Å². The maximum absolute atomic E-state index is 6.00. The lowest BCUT2D eigenvalue weighted by molar-refractivity contribution is 1.34. The summed E-state index contributed by atoms with van der Waals surface area (Å²) in [6.07, 6.45) is 1.71. The molecule has 0 aliphatic heterocycles. The molecule has 0 atom stereocenters. The van der Waals surface area contributed by atoms with E-state index in [0.29, 0.717) is 10.0 Å². The predicted molar refractivity (Wildman–Crippen MR) is 82.1 cm³/mol. The third-order valence-electron chi connectivity index (χ3n) is 2.78. The van der Waals surface area contributed by atoms with Crippen LogP contribution in [-0.2, 0) is 5.75 Å². The van der Waals surface area contributed by atoms with Gasteiger partial charge in [0, 0.05) is 10.6 Å². The van der Waals surface area contributed by atoms with E-state index < -0.39 is 0 Å².